The van der Waals surface area contributed by atoms with Gasteiger partial charge in [0.1, 0.15) is 11.6 Å². The number of hydrogen-bond donors (Lipinski definition) is 2. The molecule has 4 rings (SSSR count). The maximum absolute atomic E-state index is 12.6. The summed E-state index contributed by atoms with van der Waals surface area (Å²) < 4.78 is 0. The van der Waals surface area contributed by atoms with Gasteiger partial charge in [0.05, 0.1) is 29.1 Å². The topological polar surface area (TPSA) is 83.0 Å². The van der Waals surface area contributed by atoms with Crippen LogP contribution < -0.4 is 10.6 Å². The molecule has 2 aromatic heterocycles. The third-order valence-electron chi connectivity index (χ3n) is 5.14. The molecule has 0 unspecified atom stereocenters. The Bertz CT molecular complexity index is 992. The highest BCUT2D eigenvalue weighted by molar-refractivity contribution is 6.33. The summed E-state index contributed by atoms with van der Waals surface area (Å²) in [5.74, 6) is 1.76. The average Bonchev–Trinajstić information content (AvgIpc) is 2.79. The van der Waals surface area contributed by atoms with Crippen LogP contribution in [0.4, 0.5) is 17.3 Å². The molecule has 1 amide bonds. The van der Waals surface area contributed by atoms with Gasteiger partial charge in [0.15, 0.2) is 0 Å². The Morgan fingerprint density at radius 1 is 1.07 bits per heavy atom. The van der Waals surface area contributed by atoms with Crippen molar-refractivity contribution < 1.29 is 4.79 Å². The molecule has 0 bridgehead atoms. The number of rotatable bonds is 6. The van der Waals surface area contributed by atoms with Crippen LogP contribution in [0.5, 0.6) is 0 Å². The van der Waals surface area contributed by atoms with Crippen LogP contribution in [0.15, 0.2) is 61.1 Å². The van der Waals surface area contributed by atoms with Crippen molar-refractivity contribution in [3.8, 4) is 0 Å². The Hall–Kier alpha value is -3.19. The lowest BCUT2D eigenvalue weighted by Crippen LogP contribution is -2.41. The second kappa shape index (κ2) is 9.54. The van der Waals surface area contributed by atoms with E-state index in [1.807, 2.05) is 47.5 Å². The molecule has 1 aliphatic heterocycles. The first-order chi connectivity index (χ1) is 14.7. The fraction of sp³-hybridized carbons (Fsp3) is 0.273. The van der Waals surface area contributed by atoms with E-state index in [2.05, 4.69) is 20.6 Å². The Morgan fingerprint density at radius 3 is 2.63 bits per heavy atom. The average molecular weight is 423 g/mol. The fourth-order valence-corrected chi connectivity index (χ4v) is 3.72. The van der Waals surface area contributed by atoms with Gasteiger partial charge in [-0.25, -0.2) is 9.97 Å². The minimum Gasteiger partial charge on any atom is -0.375 e. The van der Waals surface area contributed by atoms with Crippen LogP contribution in [-0.4, -0.2) is 45.4 Å². The van der Waals surface area contributed by atoms with Crippen LogP contribution in [-0.2, 0) is 4.79 Å². The largest absolute Gasteiger partial charge is 0.375 e. The Labute approximate surface area is 180 Å². The highest BCUT2D eigenvalue weighted by atomic mass is 35.5. The van der Waals surface area contributed by atoms with Crippen molar-refractivity contribution in [2.75, 3.05) is 30.3 Å². The highest BCUT2D eigenvalue weighted by Gasteiger charge is 2.25. The molecule has 1 saturated heterocycles. The number of amides is 1. The standard InChI is InChI=1S/C22H23ClN6O/c23-17-5-1-2-6-18(17)26-15-22(30)29-11-8-16(9-12-29)19-13-24-14-21(27-19)28-20-7-3-4-10-25-20/h1-7,10,13-14,16,26H,8-9,11-12,15H2,(H,25,27,28). The number of likely N-dealkylation sites (tertiary alicyclic amines) is 1. The smallest absolute Gasteiger partial charge is 0.241 e. The van der Waals surface area contributed by atoms with Crippen molar-refractivity contribution in [2.45, 2.75) is 18.8 Å². The number of nitrogens with one attached hydrogen (secondary N) is 2. The van der Waals surface area contributed by atoms with Gasteiger partial charge in [-0.3, -0.25) is 9.78 Å². The van der Waals surface area contributed by atoms with E-state index in [0.717, 1.165) is 30.0 Å². The van der Waals surface area contributed by atoms with E-state index in [-0.39, 0.29) is 18.4 Å². The van der Waals surface area contributed by atoms with Crippen molar-refractivity contribution in [1.29, 1.82) is 0 Å². The molecule has 154 valence electrons. The van der Waals surface area contributed by atoms with Gasteiger partial charge in [0.25, 0.3) is 0 Å². The molecule has 1 aliphatic rings. The zero-order valence-electron chi connectivity index (χ0n) is 16.5. The first kappa shape index (κ1) is 20.1. The second-order valence-electron chi connectivity index (χ2n) is 7.16. The third kappa shape index (κ3) is 5.04. The zero-order chi connectivity index (χ0) is 20.8. The van der Waals surface area contributed by atoms with Gasteiger partial charge in [-0.1, -0.05) is 29.8 Å². The van der Waals surface area contributed by atoms with Crippen LogP contribution in [0.1, 0.15) is 24.5 Å². The molecule has 0 atom stereocenters. The normalized spacial score (nSPS) is 14.4. The maximum Gasteiger partial charge on any atom is 0.241 e. The fourth-order valence-electron chi connectivity index (χ4n) is 3.52. The van der Waals surface area contributed by atoms with Gasteiger partial charge < -0.3 is 15.5 Å². The molecular formula is C22H23ClN6O. The maximum atomic E-state index is 12.6. The number of benzene rings is 1. The SMILES string of the molecule is O=C(CNc1ccccc1Cl)N1CCC(c2cncc(Nc3ccccn3)n2)CC1. The first-order valence-electron chi connectivity index (χ1n) is 9.95. The number of carbonyl (C=O) groups excluding carboxylic acids is 1. The third-order valence-corrected chi connectivity index (χ3v) is 5.47. The van der Waals surface area contributed by atoms with Gasteiger partial charge in [-0.2, -0.15) is 0 Å². The van der Waals surface area contributed by atoms with Crippen LogP contribution >= 0.6 is 11.6 Å². The monoisotopic (exact) mass is 422 g/mol. The molecule has 3 aromatic rings. The van der Waals surface area contributed by atoms with Crippen molar-refractivity contribution in [1.82, 2.24) is 19.9 Å². The van der Waals surface area contributed by atoms with Crippen LogP contribution in [0.2, 0.25) is 5.02 Å². The van der Waals surface area contributed by atoms with E-state index in [9.17, 15) is 4.79 Å². The lowest BCUT2D eigenvalue weighted by Gasteiger charge is -2.32. The molecule has 0 spiro atoms. The van der Waals surface area contributed by atoms with Gasteiger partial charge in [-0.05, 0) is 37.1 Å². The summed E-state index contributed by atoms with van der Waals surface area (Å²) in [6.45, 7) is 1.64. The quantitative estimate of drug-likeness (QED) is 0.622. The summed E-state index contributed by atoms with van der Waals surface area (Å²) in [7, 11) is 0. The predicted octanol–water partition coefficient (Wildman–Crippen LogP) is 4.09. The number of para-hydroxylation sites is 1. The summed E-state index contributed by atoms with van der Waals surface area (Å²) in [4.78, 5) is 27.7. The van der Waals surface area contributed by atoms with Crippen molar-refractivity contribution in [2.24, 2.45) is 0 Å². The van der Waals surface area contributed by atoms with Crippen molar-refractivity contribution in [3.05, 3.63) is 71.8 Å². The van der Waals surface area contributed by atoms with E-state index >= 15 is 0 Å². The number of nitrogens with zero attached hydrogens (tertiary/aromatic N) is 4. The Balaban J connectivity index is 1.30. The van der Waals surface area contributed by atoms with Crippen LogP contribution in [0, 0.1) is 0 Å². The summed E-state index contributed by atoms with van der Waals surface area (Å²) >= 11 is 6.13. The minimum absolute atomic E-state index is 0.0741. The van der Waals surface area contributed by atoms with Crippen molar-refractivity contribution >= 4 is 34.8 Å². The molecular weight excluding hydrogens is 400 g/mol. The number of aromatic nitrogens is 3. The van der Waals surface area contributed by atoms with E-state index in [1.165, 1.54) is 0 Å². The van der Waals surface area contributed by atoms with Gasteiger partial charge >= 0.3 is 0 Å². The number of anilines is 3. The zero-order valence-corrected chi connectivity index (χ0v) is 17.2. The molecule has 3 heterocycles. The summed E-state index contributed by atoms with van der Waals surface area (Å²) in [5, 5.41) is 6.92. The summed E-state index contributed by atoms with van der Waals surface area (Å²) in [6, 6.07) is 13.1. The van der Waals surface area contributed by atoms with Crippen LogP contribution in [0.3, 0.4) is 0 Å². The molecule has 1 aromatic carbocycles. The van der Waals surface area contributed by atoms with Gasteiger partial charge in [0.2, 0.25) is 5.91 Å². The molecule has 8 heteroatoms. The Morgan fingerprint density at radius 2 is 1.87 bits per heavy atom. The lowest BCUT2D eigenvalue weighted by molar-refractivity contribution is -0.130. The molecule has 30 heavy (non-hydrogen) atoms. The van der Waals surface area contributed by atoms with Crippen LogP contribution in [0.25, 0.3) is 0 Å². The van der Waals surface area contributed by atoms with E-state index in [1.54, 1.807) is 18.5 Å². The number of halogens is 1. The molecule has 1 fully saturated rings. The lowest BCUT2D eigenvalue weighted by atomic mass is 9.93. The number of hydrogen-bond acceptors (Lipinski definition) is 6. The van der Waals surface area contributed by atoms with Crippen molar-refractivity contribution in [3.63, 3.8) is 0 Å². The van der Waals surface area contributed by atoms with Gasteiger partial charge in [-0.15, -0.1) is 0 Å². The number of piperidine rings is 1. The first-order valence-corrected chi connectivity index (χ1v) is 10.3. The summed E-state index contributed by atoms with van der Waals surface area (Å²) in [5.41, 5.74) is 1.71. The highest BCUT2D eigenvalue weighted by Crippen LogP contribution is 2.27. The van der Waals surface area contributed by atoms with E-state index in [4.69, 9.17) is 16.6 Å². The number of pyridine rings is 1. The number of carbonyl (C=O) groups is 1. The summed E-state index contributed by atoms with van der Waals surface area (Å²) in [6.07, 6.45) is 6.95. The minimum atomic E-state index is 0.0741. The molecule has 0 saturated carbocycles. The predicted molar refractivity (Wildman–Crippen MR) is 118 cm³/mol. The molecule has 2 N–H and O–H groups in total. The van der Waals surface area contributed by atoms with E-state index < -0.39 is 0 Å². The molecule has 0 aliphatic carbocycles. The van der Waals surface area contributed by atoms with E-state index in [0.29, 0.717) is 23.9 Å². The molecule has 7 nitrogen and oxygen atoms in total. The Kier molecular flexibility index (Phi) is 6.39. The molecule has 0 radical (unpaired) electrons. The van der Waals surface area contributed by atoms with Gasteiger partial charge in [0, 0.05) is 31.4 Å². The second-order valence-corrected chi connectivity index (χ2v) is 7.56.